The van der Waals surface area contributed by atoms with Gasteiger partial charge in [-0.2, -0.15) is 0 Å². The fourth-order valence-corrected chi connectivity index (χ4v) is 9.22. The molecule has 6 rings (SSSR count). The quantitative estimate of drug-likeness (QED) is 0.275. The molecule has 1 fully saturated rings. The Kier molecular flexibility index (Phi) is 5.97. The van der Waals surface area contributed by atoms with Gasteiger partial charge in [-0.15, -0.1) is 11.8 Å². The second-order valence-corrected chi connectivity index (χ2v) is 12.9. The molecule has 2 nitrogen and oxygen atoms in total. The van der Waals surface area contributed by atoms with Crippen molar-refractivity contribution in [1.82, 2.24) is 0 Å². The van der Waals surface area contributed by atoms with Crippen molar-refractivity contribution in [1.29, 1.82) is 0 Å². The fourth-order valence-electron chi connectivity index (χ4n) is 5.35. The number of thioether (sulfide) groups is 2. The minimum atomic E-state index is -0.291. The first kappa shape index (κ1) is 23.4. The highest BCUT2D eigenvalue weighted by Gasteiger charge is 2.65. The zero-order chi connectivity index (χ0) is 24.8. The molecule has 0 N–H and O–H groups in total. The highest BCUT2D eigenvalue weighted by Crippen LogP contribution is 2.71. The van der Waals surface area contributed by atoms with Crippen LogP contribution in [0.2, 0.25) is 0 Å². The summed E-state index contributed by atoms with van der Waals surface area (Å²) in [5.74, 6) is 0. The number of nitrogens with zero attached hydrogens (tertiary/aromatic N) is 2. The molecule has 0 bridgehead atoms. The maximum Gasteiger partial charge on any atom is 0.118 e. The highest BCUT2D eigenvalue weighted by atomic mass is 32.2. The lowest BCUT2D eigenvalue weighted by Gasteiger charge is -2.41. The van der Waals surface area contributed by atoms with E-state index in [-0.39, 0.29) is 21.0 Å². The molecule has 1 spiro atoms. The maximum atomic E-state index is 5.40. The molecule has 4 heteroatoms. The molecule has 4 aromatic carbocycles. The Bertz CT molecular complexity index is 1370. The van der Waals surface area contributed by atoms with E-state index in [0.29, 0.717) is 0 Å². The van der Waals surface area contributed by atoms with Gasteiger partial charge in [-0.25, -0.2) is 0 Å². The van der Waals surface area contributed by atoms with Gasteiger partial charge >= 0.3 is 0 Å². The van der Waals surface area contributed by atoms with Gasteiger partial charge in [0.05, 0.1) is 16.6 Å². The van der Waals surface area contributed by atoms with Gasteiger partial charge in [0.25, 0.3) is 0 Å². The van der Waals surface area contributed by atoms with Crippen molar-refractivity contribution in [2.24, 2.45) is 4.99 Å². The lowest BCUT2D eigenvalue weighted by atomic mass is 9.88. The van der Waals surface area contributed by atoms with E-state index in [1.54, 1.807) is 0 Å². The van der Waals surface area contributed by atoms with Crippen LogP contribution in [0.25, 0.3) is 0 Å². The molecule has 2 aliphatic heterocycles. The normalized spacial score (nSPS) is 24.8. The van der Waals surface area contributed by atoms with E-state index in [1.165, 1.54) is 27.9 Å². The van der Waals surface area contributed by atoms with Gasteiger partial charge in [0.2, 0.25) is 0 Å². The van der Waals surface area contributed by atoms with E-state index in [2.05, 4.69) is 153 Å². The number of aryl methyl sites for hydroxylation is 1. The summed E-state index contributed by atoms with van der Waals surface area (Å²) in [6.45, 7) is 6.79. The molecular formula is C32H30N2S2. The molecule has 2 heterocycles. The van der Waals surface area contributed by atoms with Crippen molar-refractivity contribution in [2.75, 3.05) is 4.90 Å². The van der Waals surface area contributed by atoms with Crippen molar-refractivity contribution in [3.8, 4) is 0 Å². The smallest absolute Gasteiger partial charge is 0.118 e. The van der Waals surface area contributed by atoms with Gasteiger partial charge in [0, 0.05) is 11.3 Å². The summed E-state index contributed by atoms with van der Waals surface area (Å²) in [4.78, 5) is 8.05. The molecule has 1 saturated heterocycles. The van der Waals surface area contributed by atoms with Gasteiger partial charge in [-0.3, -0.25) is 4.99 Å². The summed E-state index contributed by atoms with van der Waals surface area (Å²) in [6.07, 6.45) is 0. The molecule has 0 aliphatic carbocycles. The largest absolute Gasteiger partial charge is 0.346 e. The monoisotopic (exact) mass is 506 g/mol. The third-order valence-corrected chi connectivity index (χ3v) is 11.1. The van der Waals surface area contributed by atoms with Crippen LogP contribution < -0.4 is 4.90 Å². The number of anilines is 1. The van der Waals surface area contributed by atoms with Crippen LogP contribution in [0.1, 0.15) is 47.5 Å². The molecule has 36 heavy (non-hydrogen) atoms. The molecule has 0 radical (unpaired) electrons. The first-order valence-electron chi connectivity index (χ1n) is 12.5. The van der Waals surface area contributed by atoms with Gasteiger partial charge < -0.3 is 4.90 Å². The highest BCUT2D eigenvalue weighted by molar-refractivity contribution is 8.27. The predicted octanol–water partition coefficient (Wildman–Crippen LogP) is 8.66. The SMILES string of the molecule is Cc1ccc(N2[C@H](c3ccccc3)S[C@@]3(SC(c4ccccc4)=NC3(C)C)[C@H]2c2ccccc2)cc1. The average Bonchev–Trinajstić information content (AvgIpc) is 3.40. The Balaban J connectivity index is 1.56. The first-order chi connectivity index (χ1) is 17.5. The Morgan fingerprint density at radius 1 is 0.694 bits per heavy atom. The van der Waals surface area contributed by atoms with Crippen molar-refractivity contribution in [3.63, 3.8) is 0 Å². The van der Waals surface area contributed by atoms with Gasteiger partial charge in [-0.05, 0) is 44.0 Å². The van der Waals surface area contributed by atoms with Gasteiger partial charge in [-0.1, -0.05) is 120 Å². The molecule has 0 aromatic heterocycles. The Hall–Kier alpha value is -2.95. The van der Waals surface area contributed by atoms with Crippen LogP contribution in [-0.2, 0) is 0 Å². The summed E-state index contributed by atoms with van der Waals surface area (Å²) in [6, 6.07) is 41.8. The second-order valence-electron chi connectivity index (χ2n) is 10.0. The van der Waals surface area contributed by atoms with E-state index in [0.717, 1.165) is 5.04 Å². The van der Waals surface area contributed by atoms with Gasteiger partial charge in [0.1, 0.15) is 9.45 Å². The number of aliphatic imine (C=N–C) groups is 1. The standard InChI is InChI=1S/C32H30N2S2/c1-23-19-21-27(22-20-23)34-28(24-13-7-4-8-14-24)32(36-30(34)26-17-11-6-12-18-26)31(2,3)33-29(35-32)25-15-9-5-10-16-25/h4-22,28,30H,1-3H3/t28-,30+,32+/m1/s1. The minimum absolute atomic E-state index is 0.126. The Morgan fingerprint density at radius 2 is 1.25 bits per heavy atom. The van der Waals surface area contributed by atoms with Crippen molar-refractivity contribution in [3.05, 3.63) is 138 Å². The minimum Gasteiger partial charge on any atom is -0.346 e. The molecule has 0 unspecified atom stereocenters. The maximum absolute atomic E-state index is 5.40. The van der Waals surface area contributed by atoms with Crippen LogP contribution in [0.4, 0.5) is 5.69 Å². The van der Waals surface area contributed by atoms with E-state index >= 15 is 0 Å². The van der Waals surface area contributed by atoms with Crippen LogP contribution in [-0.4, -0.2) is 14.7 Å². The number of rotatable bonds is 4. The van der Waals surface area contributed by atoms with Crippen LogP contribution >= 0.6 is 23.5 Å². The molecule has 3 atom stereocenters. The average molecular weight is 507 g/mol. The Labute approximate surface area is 222 Å². The summed E-state index contributed by atoms with van der Waals surface area (Å²) < 4.78 is -0.217. The molecular weight excluding hydrogens is 477 g/mol. The Morgan fingerprint density at radius 3 is 1.86 bits per heavy atom. The second kappa shape index (κ2) is 9.17. The topological polar surface area (TPSA) is 15.6 Å². The molecule has 180 valence electrons. The number of hydrogen-bond donors (Lipinski definition) is 0. The number of benzene rings is 4. The van der Waals surface area contributed by atoms with E-state index < -0.39 is 0 Å². The third kappa shape index (κ3) is 3.88. The van der Waals surface area contributed by atoms with Crippen molar-refractivity contribution in [2.45, 2.75) is 41.8 Å². The van der Waals surface area contributed by atoms with E-state index in [4.69, 9.17) is 4.99 Å². The van der Waals surface area contributed by atoms with E-state index in [1.807, 2.05) is 11.8 Å². The predicted molar refractivity (Wildman–Crippen MR) is 157 cm³/mol. The summed E-state index contributed by atoms with van der Waals surface area (Å²) in [7, 11) is 0. The van der Waals surface area contributed by atoms with Crippen molar-refractivity contribution < 1.29 is 0 Å². The fraction of sp³-hybridized carbons (Fsp3) is 0.219. The van der Waals surface area contributed by atoms with Crippen molar-refractivity contribution >= 4 is 34.3 Å². The molecule has 0 amide bonds. The first-order valence-corrected chi connectivity index (χ1v) is 14.2. The van der Waals surface area contributed by atoms with Gasteiger partial charge in [0.15, 0.2) is 0 Å². The van der Waals surface area contributed by atoms with Crippen LogP contribution in [0.5, 0.6) is 0 Å². The molecule has 2 aliphatic rings. The summed E-state index contributed by atoms with van der Waals surface area (Å²) >= 11 is 4.02. The number of hydrogen-bond acceptors (Lipinski definition) is 4. The third-order valence-electron chi connectivity index (χ3n) is 7.21. The van der Waals surface area contributed by atoms with E-state index in [9.17, 15) is 0 Å². The lowest BCUT2D eigenvalue weighted by Crippen LogP contribution is -2.46. The molecule has 0 saturated carbocycles. The van der Waals surface area contributed by atoms with Crippen LogP contribution in [0, 0.1) is 6.92 Å². The zero-order valence-corrected chi connectivity index (χ0v) is 22.5. The van der Waals surface area contributed by atoms with Crippen LogP contribution in [0.15, 0.2) is 120 Å². The zero-order valence-electron chi connectivity index (χ0n) is 20.8. The summed E-state index contributed by atoms with van der Waals surface area (Å²) in [5, 5.41) is 1.29. The molecule has 4 aromatic rings. The summed E-state index contributed by atoms with van der Waals surface area (Å²) in [5.41, 5.74) is 6.08. The van der Waals surface area contributed by atoms with Crippen LogP contribution in [0.3, 0.4) is 0 Å². The lowest BCUT2D eigenvalue weighted by molar-refractivity contribution is 0.424.